The van der Waals surface area contributed by atoms with Gasteiger partial charge >= 0.3 is 5.97 Å². The molecule has 4 heteroatoms. The first-order chi connectivity index (χ1) is 8.96. The average Bonchev–Trinajstić information content (AvgIpc) is 2.25. The fourth-order valence-electron chi connectivity index (χ4n) is 4.79. The SMILES string of the molecule is CC(=O)C(=O)OC(C)OC12CC3CC(CC(C3)C1)C2. The third-order valence-electron chi connectivity index (χ3n) is 4.96. The highest BCUT2D eigenvalue weighted by molar-refractivity contribution is 6.32. The Bertz CT molecular complexity index is 366. The van der Waals surface area contributed by atoms with Gasteiger partial charge in [0.15, 0.2) is 0 Å². The van der Waals surface area contributed by atoms with Crippen molar-refractivity contribution in [2.45, 2.75) is 64.3 Å². The van der Waals surface area contributed by atoms with Crippen LogP contribution in [0.15, 0.2) is 0 Å². The summed E-state index contributed by atoms with van der Waals surface area (Å²) in [7, 11) is 0. The zero-order valence-corrected chi connectivity index (χ0v) is 11.7. The van der Waals surface area contributed by atoms with E-state index in [4.69, 9.17) is 9.47 Å². The molecule has 19 heavy (non-hydrogen) atoms. The average molecular weight is 266 g/mol. The zero-order chi connectivity index (χ0) is 13.6. The van der Waals surface area contributed by atoms with E-state index in [1.165, 1.54) is 26.2 Å². The van der Waals surface area contributed by atoms with E-state index < -0.39 is 18.0 Å². The van der Waals surface area contributed by atoms with Crippen molar-refractivity contribution in [3.8, 4) is 0 Å². The third-order valence-corrected chi connectivity index (χ3v) is 4.96. The van der Waals surface area contributed by atoms with Crippen LogP contribution in [0.25, 0.3) is 0 Å². The molecule has 0 aromatic heterocycles. The summed E-state index contributed by atoms with van der Waals surface area (Å²) in [6.07, 6.45) is 6.73. The Hall–Kier alpha value is -0.900. The van der Waals surface area contributed by atoms with Crippen molar-refractivity contribution in [1.29, 1.82) is 0 Å². The van der Waals surface area contributed by atoms with Crippen molar-refractivity contribution in [3.63, 3.8) is 0 Å². The van der Waals surface area contributed by atoms with Crippen molar-refractivity contribution in [2.75, 3.05) is 0 Å². The van der Waals surface area contributed by atoms with Gasteiger partial charge in [0.05, 0.1) is 5.60 Å². The minimum absolute atomic E-state index is 0.0920. The minimum Gasteiger partial charge on any atom is -0.430 e. The van der Waals surface area contributed by atoms with Gasteiger partial charge in [-0.3, -0.25) is 4.79 Å². The van der Waals surface area contributed by atoms with E-state index in [9.17, 15) is 9.59 Å². The van der Waals surface area contributed by atoms with Crippen LogP contribution in [0.3, 0.4) is 0 Å². The number of carbonyl (C=O) groups is 2. The van der Waals surface area contributed by atoms with Gasteiger partial charge in [0.1, 0.15) is 0 Å². The molecule has 4 saturated carbocycles. The summed E-state index contributed by atoms with van der Waals surface area (Å²) in [6, 6.07) is 0. The van der Waals surface area contributed by atoms with Crippen LogP contribution in [0.4, 0.5) is 0 Å². The summed E-state index contributed by atoms with van der Waals surface area (Å²) in [5.74, 6) is 1.02. The number of carbonyl (C=O) groups excluding carboxylic acids is 2. The molecule has 4 rings (SSSR count). The fourth-order valence-corrected chi connectivity index (χ4v) is 4.79. The molecule has 0 aliphatic heterocycles. The maximum absolute atomic E-state index is 11.3. The summed E-state index contributed by atoms with van der Waals surface area (Å²) >= 11 is 0. The fraction of sp³-hybridized carbons (Fsp3) is 0.867. The second-order valence-corrected chi connectivity index (χ2v) is 6.75. The highest BCUT2D eigenvalue weighted by Gasteiger charge is 2.52. The van der Waals surface area contributed by atoms with Crippen LogP contribution in [0.1, 0.15) is 52.4 Å². The topological polar surface area (TPSA) is 52.6 Å². The number of Topliss-reactive ketones (excluding diaryl/α,β-unsaturated/α-hetero) is 1. The number of ketones is 1. The Kier molecular flexibility index (Phi) is 3.16. The van der Waals surface area contributed by atoms with Crippen LogP contribution in [-0.4, -0.2) is 23.6 Å². The molecule has 4 bridgehead atoms. The van der Waals surface area contributed by atoms with E-state index in [-0.39, 0.29) is 5.60 Å². The van der Waals surface area contributed by atoms with Gasteiger partial charge in [-0.2, -0.15) is 0 Å². The zero-order valence-electron chi connectivity index (χ0n) is 11.7. The van der Waals surface area contributed by atoms with Crippen molar-refractivity contribution in [3.05, 3.63) is 0 Å². The smallest absolute Gasteiger partial charge is 0.376 e. The standard InChI is InChI=1S/C15H22O4/c1-9(16)14(17)18-10(2)19-15-6-11-3-12(7-15)5-13(4-11)8-15/h10-13H,3-8H2,1-2H3. The molecular weight excluding hydrogens is 244 g/mol. The summed E-state index contributed by atoms with van der Waals surface area (Å²) < 4.78 is 11.1. The van der Waals surface area contributed by atoms with Gasteiger partial charge in [0.25, 0.3) is 0 Å². The molecule has 4 fully saturated rings. The Labute approximate surface area is 113 Å². The maximum Gasteiger partial charge on any atom is 0.376 e. The molecular formula is C15H22O4. The molecule has 106 valence electrons. The van der Waals surface area contributed by atoms with Crippen LogP contribution in [0.5, 0.6) is 0 Å². The molecule has 0 heterocycles. The van der Waals surface area contributed by atoms with Gasteiger partial charge in [-0.25, -0.2) is 4.79 Å². The lowest BCUT2D eigenvalue weighted by atomic mass is 9.54. The summed E-state index contributed by atoms with van der Waals surface area (Å²) in [4.78, 5) is 22.2. The molecule has 0 aromatic rings. The van der Waals surface area contributed by atoms with Crippen LogP contribution in [0, 0.1) is 17.8 Å². The van der Waals surface area contributed by atoms with Crippen molar-refractivity contribution < 1.29 is 19.1 Å². The van der Waals surface area contributed by atoms with Gasteiger partial charge in [-0.05, 0) is 63.2 Å². The van der Waals surface area contributed by atoms with E-state index in [0.717, 1.165) is 37.0 Å². The lowest BCUT2D eigenvalue weighted by Crippen LogP contribution is -2.53. The molecule has 0 amide bonds. The van der Waals surface area contributed by atoms with Crippen LogP contribution < -0.4 is 0 Å². The van der Waals surface area contributed by atoms with Gasteiger partial charge < -0.3 is 9.47 Å². The second kappa shape index (κ2) is 4.58. The number of ether oxygens (including phenoxy) is 2. The quantitative estimate of drug-likeness (QED) is 0.445. The summed E-state index contributed by atoms with van der Waals surface area (Å²) in [5, 5.41) is 0. The highest BCUT2D eigenvalue weighted by atomic mass is 16.7. The highest BCUT2D eigenvalue weighted by Crippen LogP contribution is 2.57. The Morgan fingerprint density at radius 2 is 1.53 bits per heavy atom. The first-order valence-electron chi connectivity index (χ1n) is 7.35. The summed E-state index contributed by atoms with van der Waals surface area (Å²) in [6.45, 7) is 2.94. The first-order valence-corrected chi connectivity index (χ1v) is 7.35. The molecule has 0 radical (unpaired) electrons. The number of esters is 1. The van der Waals surface area contributed by atoms with Crippen molar-refractivity contribution in [1.82, 2.24) is 0 Å². The van der Waals surface area contributed by atoms with Gasteiger partial charge in [-0.15, -0.1) is 0 Å². The Morgan fingerprint density at radius 3 is 1.95 bits per heavy atom. The van der Waals surface area contributed by atoms with Crippen LogP contribution >= 0.6 is 0 Å². The van der Waals surface area contributed by atoms with E-state index in [2.05, 4.69) is 0 Å². The van der Waals surface area contributed by atoms with Gasteiger partial charge in [0.2, 0.25) is 12.1 Å². The van der Waals surface area contributed by atoms with Gasteiger partial charge in [0, 0.05) is 6.92 Å². The van der Waals surface area contributed by atoms with E-state index in [0.29, 0.717) is 0 Å². The molecule has 4 aliphatic carbocycles. The number of rotatable bonds is 4. The molecule has 4 aliphatic rings. The molecule has 0 spiro atoms. The van der Waals surface area contributed by atoms with Crippen LogP contribution in [0.2, 0.25) is 0 Å². The van der Waals surface area contributed by atoms with E-state index >= 15 is 0 Å². The molecule has 0 aromatic carbocycles. The Morgan fingerprint density at radius 1 is 1.05 bits per heavy atom. The van der Waals surface area contributed by atoms with Crippen LogP contribution in [-0.2, 0) is 19.1 Å². The monoisotopic (exact) mass is 266 g/mol. The predicted octanol–water partition coefficient (Wildman–Crippen LogP) is 2.45. The minimum atomic E-state index is -0.794. The molecule has 0 saturated heterocycles. The normalized spacial score (nSPS) is 41.1. The van der Waals surface area contributed by atoms with Crippen molar-refractivity contribution >= 4 is 11.8 Å². The lowest BCUT2D eigenvalue weighted by Gasteiger charge is -2.56. The maximum atomic E-state index is 11.3. The Balaban J connectivity index is 1.63. The first kappa shape index (κ1) is 13.1. The molecule has 4 nitrogen and oxygen atoms in total. The largest absolute Gasteiger partial charge is 0.430 e. The number of hydrogen-bond acceptors (Lipinski definition) is 4. The van der Waals surface area contributed by atoms with E-state index in [1.54, 1.807) is 6.92 Å². The van der Waals surface area contributed by atoms with Crippen molar-refractivity contribution in [2.24, 2.45) is 17.8 Å². The second-order valence-electron chi connectivity index (χ2n) is 6.75. The van der Waals surface area contributed by atoms with E-state index in [1.807, 2.05) is 0 Å². The summed E-state index contributed by atoms with van der Waals surface area (Å²) in [5.41, 5.74) is -0.0920. The third kappa shape index (κ3) is 2.55. The molecule has 0 N–H and O–H groups in total. The lowest BCUT2D eigenvalue weighted by molar-refractivity contribution is -0.244. The number of hydrogen-bond donors (Lipinski definition) is 0. The van der Waals surface area contributed by atoms with Gasteiger partial charge in [-0.1, -0.05) is 0 Å². The molecule has 1 unspecified atom stereocenters. The molecule has 1 atom stereocenters. The predicted molar refractivity (Wildman–Crippen MR) is 68.2 cm³/mol.